The molecule has 1 saturated heterocycles. The van der Waals surface area contributed by atoms with E-state index in [9.17, 15) is 17.6 Å². The third-order valence-corrected chi connectivity index (χ3v) is 8.90. The number of hydrogen-bond donors (Lipinski definition) is 2. The molecular formula is C22H27ClFN5O3S. The fourth-order valence-corrected chi connectivity index (χ4v) is 6.45. The number of piperidine rings is 1. The molecule has 0 atom stereocenters. The molecule has 4 rings (SSSR count). The molecule has 1 aromatic heterocycles. The number of anilines is 1. The van der Waals surface area contributed by atoms with Crippen molar-refractivity contribution in [2.24, 2.45) is 5.84 Å². The second kappa shape index (κ2) is 9.92. The van der Waals surface area contributed by atoms with Gasteiger partial charge in [0, 0.05) is 17.3 Å². The van der Waals surface area contributed by atoms with Gasteiger partial charge in [-0.2, -0.15) is 0 Å². The van der Waals surface area contributed by atoms with Gasteiger partial charge in [0.25, 0.3) is 5.91 Å². The molecule has 3 N–H and O–H groups in total. The van der Waals surface area contributed by atoms with Gasteiger partial charge >= 0.3 is 0 Å². The summed E-state index contributed by atoms with van der Waals surface area (Å²) in [7, 11) is -3.74. The van der Waals surface area contributed by atoms with Crippen molar-refractivity contribution in [3.8, 4) is 0 Å². The maximum Gasteiger partial charge on any atom is 0.266 e. The summed E-state index contributed by atoms with van der Waals surface area (Å²) in [5, 5.41) is -0.132. The van der Waals surface area contributed by atoms with Crippen molar-refractivity contribution >= 4 is 33.2 Å². The van der Waals surface area contributed by atoms with Crippen molar-refractivity contribution < 1.29 is 17.6 Å². The highest BCUT2D eigenvalue weighted by Gasteiger charge is 2.40. The molecule has 0 bridgehead atoms. The first-order chi connectivity index (χ1) is 15.8. The number of nitrogens with one attached hydrogen (secondary N) is 1. The number of carbonyl (C=O) groups is 1. The van der Waals surface area contributed by atoms with E-state index in [0.717, 1.165) is 0 Å². The maximum absolute atomic E-state index is 13.7. The average molecular weight is 496 g/mol. The zero-order valence-electron chi connectivity index (χ0n) is 18.0. The molecule has 1 amide bonds. The summed E-state index contributed by atoms with van der Waals surface area (Å²) >= 11 is 6.16. The number of hydrazine groups is 1. The number of nitrogens with two attached hydrogens (primary N) is 1. The second-order valence-electron chi connectivity index (χ2n) is 8.50. The predicted molar refractivity (Wildman–Crippen MR) is 125 cm³/mol. The Kier molecular flexibility index (Phi) is 7.18. The van der Waals surface area contributed by atoms with Crippen molar-refractivity contribution in [3.05, 3.63) is 58.9 Å². The highest BCUT2D eigenvalue weighted by Crippen LogP contribution is 2.33. The highest BCUT2D eigenvalue weighted by molar-refractivity contribution is 7.93. The van der Waals surface area contributed by atoms with Crippen LogP contribution in [0.15, 0.2) is 42.6 Å². The topological polar surface area (TPSA) is 109 Å². The number of nitrogens with zero attached hydrogens (tertiary/aromatic N) is 3. The molecule has 2 fully saturated rings. The highest BCUT2D eigenvalue weighted by atomic mass is 35.5. The van der Waals surface area contributed by atoms with Crippen LogP contribution in [0.3, 0.4) is 0 Å². The van der Waals surface area contributed by atoms with Crippen molar-refractivity contribution in [3.63, 3.8) is 0 Å². The van der Waals surface area contributed by atoms with E-state index in [1.54, 1.807) is 36.4 Å². The van der Waals surface area contributed by atoms with Crippen LogP contribution in [0.25, 0.3) is 0 Å². The minimum atomic E-state index is -3.74. The molecule has 2 aromatic rings. The Bertz CT molecular complexity index is 1090. The lowest BCUT2D eigenvalue weighted by Crippen LogP contribution is -2.52. The Balaban J connectivity index is 1.55. The Hall–Kier alpha value is -2.27. The van der Waals surface area contributed by atoms with Crippen LogP contribution in [0.5, 0.6) is 0 Å². The standard InChI is InChI=1S/C22H27ClFN5O3S/c23-16-2-1-3-19(10-16)29(14-18-5-4-15(13-26-18)22(30)27-25)33(31,32)21-6-8-28(9-7-21)20-11-17(24)12-20/h1-5,10,13,17,20-21H,6-9,11-12,14,25H2,(H,27,30). The minimum absolute atomic E-state index is 0.000426. The third kappa shape index (κ3) is 5.29. The molecule has 11 heteroatoms. The Morgan fingerprint density at radius 3 is 2.55 bits per heavy atom. The zero-order valence-corrected chi connectivity index (χ0v) is 19.6. The molecule has 0 spiro atoms. The summed E-state index contributed by atoms with van der Waals surface area (Å²) in [6, 6.07) is 10.1. The molecule has 0 radical (unpaired) electrons. The molecular weight excluding hydrogens is 469 g/mol. The van der Waals surface area contributed by atoms with E-state index < -0.39 is 27.4 Å². The lowest BCUT2D eigenvalue weighted by molar-refractivity contribution is 0.0424. The van der Waals surface area contributed by atoms with Gasteiger partial charge < -0.3 is 4.90 Å². The number of sulfonamides is 1. The van der Waals surface area contributed by atoms with Crippen LogP contribution in [-0.4, -0.2) is 54.8 Å². The van der Waals surface area contributed by atoms with Crippen molar-refractivity contribution in [2.45, 2.75) is 49.7 Å². The van der Waals surface area contributed by atoms with Crippen LogP contribution in [-0.2, 0) is 16.6 Å². The summed E-state index contributed by atoms with van der Waals surface area (Å²) in [4.78, 5) is 18.1. The number of halogens is 2. The molecule has 33 heavy (non-hydrogen) atoms. The molecule has 1 saturated carbocycles. The largest absolute Gasteiger partial charge is 0.300 e. The van der Waals surface area contributed by atoms with E-state index in [-0.39, 0.29) is 18.2 Å². The molecule has 2 heterocycles. The predicted octanol–water partition coefficient (Wildman–Crippen LogP) is 2.64. The van der Waals surface area contributed by atoms with Gasteiger partial charge in [-0.05, 0) is 69.1 Å². The Morgan fingerprint density at radius 2 is 1.97 bits per heavy atom. The fraction of sp³-hybridized carbons (Fsp3) is 0.455. The second-order valence-corrected chi connectivity index (χ2v) is 11.1. The molecule has 8 nitrogen and oxygen atoms in total. The summed E-state index contributed by atoms with van der Waals surface area (Å²) in [6.07, 6.45) is 2.66. The van der Waals surface area contributed by atoms with E-state index in [2.05, 4.69) is 9.88 Å². The summed E-state index contributed by atoms with van der Waals surface area (Å²) in [6.45, 7) is 1.26. The van der Waals surface area contributed by atoms with Crippen molar-refractivity contribution in [2.75, 3.05) is 17.4 Å². The number of hydrogen-bond acceptors (Lipinski definition) is 6. The first-order valence-electron chi connectivity index (χ1n) is 10.9. The van der Waals surface area contributed by atoms with Crippen LogP contribution in [0.1, 0.15) is 41.7 Å². The number of carbonyl (C=O) groups excluding carboxylic acids is 1. The lowest BCUT2D eigenvalue weighted by atomic mass is 9.88. The van der Waals surface area contributed by atoms with Crippen LogP contribution in [0.4, 0.5) is 10.1 Å². The quantitative estimate of drug-likeness (QED) is 0.347. The number of alkyl halides is 1. The van der Waals surface area contributed by atoms with E-state index >= 15 is 0 Å². The fourth-order valence-electron chi connectivity index (χ4n) is 4.38. The van der Waals surface area contributed by atoms with Crippen LogP contribution >= 0.6 is 11.6 Å². The van der Waals surface area contributed by atoms with E-state index in [4.69, 9.17) is 17.4 Å². The average Bonchev–Trinajstić information content (AvgIpc) is 2.80. The van der Waals surface area contributed by atoms with E-state index in [1.165, 1.54) is 10.5 Å². The first-order valence-corrected chi connectivity index (χ1v) is 12.8. The normalized spacial score (nSPS) is 21.9. The Morgan fingerprint density at radius 1 is 1.24 bits per heavy atom. The first kappa shape index (κ1) is 23.9. The number of pyridine rings is 1. The summed E-state index contributed by atoms with van der Waals surface area (Å²) < 4.78 is 42.0. The van der Waals surface area contributed by atoms with Gasteiger partial charge in [0.2, 0.25) is 10.0 Å². The van der Waals surface area contributed by atoms with Gasteiger partial charge in [0.05, 0.1) is 28.7 Å². The molecule has 1 aromatic carbocycles. The molecule has 178 valence electrons. The summed E-state index contributed by atoms with van der Waals surface area (Å²) in [5.74, 6) is 4.67. The monoisotopic (exact) mass is 495 g/mol. The number of amides is 1. The van der Waals surface area contributed by atoms with E-state index in [1.807, 2.05) is 5.43 Å². The molecule has 2 aliphatic rings. The lowest BCUT2D eigenvalue weighted by Gasteiger charge is -2.43. The third-order valence-electron chi connectivity index (χ3n) is 6.40. The summed E-state index contributed by atoms with van der Waals surface area (Å²) in [5.41, 5.74) is 3.25. The van der Waals surface area contributed by atoms with Crippen LogP contribution in [0.2, 0.25) is 5.02 Å². The number of nitrogen functional groups attached to an aromatic ring is 1. The van der Waals surface area contributed by atoms with Gasteiger partial charge in [-0.3, -0.25) is 19.5 Å². The smallest absolute Gasteiger partial charge is 0.266 e. The number of rotatable bonds is 7. The van der Waals surface area contributed by atoms with Gasteiger partial charge in [0.15, 0.2) is 0 Å². The van der Waals surface area contributed by atoms with Gasteiger partial charge in [-0.15, -0.1) is 0 Å². The number of benzene rings is 1. The number of aromatic nitrogens is 1. The van der Waals surface area contributed by atoms with Crippen molar-refractivity contribution in [1.29, 1.82) is 0 Å². The van der Waals surface area contributed by atoms with E-state index in [0.29, 0.717) is 55.2 Å². The minimum Gasteiger partial charge on any atom is -0.300 e. The van der Waals surface area contributed by atoms with Gasteiger partial charge in [-0.1, -0.05) is 17.7 Å². The SMILES string of the molecule is NNC(=O)c1ccc(CN(c2cccc(Cl)c2)S(=O)(=O)C2CCN(C3CC(F)C3)CC2)nc1. The zero-order chi connectivity index (χ0) is 23.6. The van der Waals surface area contributed by atoms with Crippen molar-refractivity contribution in [1.82, 2.24) is 15.3 Å². The molecule has 1 aliphatic heterocycles. The van der Waals surface area contributed by atoms with Gasteiger partial charge in [-0.25, -0.2) is 18.7 Å². The number of likely N-dealkylation sites (tertiary alicyclic amines) is 1. The maximum atomic E-state index is 13.7. The Labute approximate surface area is 197 Å². The molecule has 1 aliphatic carbocycles. The van der Waals surface area contributed by atoms with Crippen LogP contribution < -0.4 is 15.6 Å². The van der Waals surface area contributed by atoms with Crippen LogP contribution in [0, 0.1) is 0 Å². The molecule has 0 unspecified atom stereocenters. The van der Waals surface area contributed by atoms with Gasteiger partial charge in [0.1, 0.15) is 6.17 Å².